The Balaban J connectivity index is 2.48. The average Bonchev–Trinajstić information content (AvgIpc) is 2.64. The van der Waals surface area contributed by atoms with Crippen molar-refractivity contribution in [3.05, 3.63) is 0 Å². The quantitative estimate of drug-likeness (QED) is 0.776. The van der Waals surface area contributed by atoms with Crippen molar-refractivity contribution in [2.45, 2.75) is 38.8 Å². The number of likely N-dealkylation sites (N-methyl/N-ethyl adjacent to an activating group) is 1. The molecule has 6 nitrogen and oxygen atoms in total. The van der Waals surface area contributed by atoms with Crippen LogP contribution in [0.2, 0.25) is 0 Å². The fourth-order valence-corrected chi connectivity index (χ4v) is 2.26. The smallest absolute Gasteiger partial charge is 0.407 e. The van der Waals surface area contributed by atoms with E-state index in [2.05, 4.69) is 5.32 Å². The average molecular weight is 272 g/mol. The van der Waals surface area contributed by atoms with Crippen LogP contribution in [-0.4, -0.2) is 55.9 Å². The molecule has 1 saturated heterocycles. The Kier molecular flexibility index (Phi) is 5.17. The summed E-state index contributed by atoms with van der Waals surface area (Å²) in [6.07, 6.45) is 0.400. The number of carbonyl (C=O) groups is 2. The van der Waals surface area contributed by atoms with Gasteiger partial charge in [0, 0.05) is 12.5 Å². The molecule has 1 heterocycles. The van der Waals surface area contributed by atoms with Crippen molar-refractivity contribution in [3.8, 4) is 0 Å². The van der Waals surface area contributed by atoms with E-state index in [1.807, 2.05) is 32.7 Å². The molecule has 0 radical (unpaired) electrons. The van der Waals surface area contributed by atoms with Gasteiger partial charge in [0.2, 0.25) is 0 Å². The molecule has 0 aromatic heterocycles. The van der Waals surface area contributed by atoms with E-state index in [0.29, 0.717) is 6.54 Å². The molecule has 6 heteroatoms. The summed E-state index contributed by atoms with van der Waals surface area (Å²) in [4.78, 5) is 25.2. The van der Waals surface area contributed by atoms with Gasteiger partial charge in [-0.1, -0.05) is 0 Å². The molecule has 110 valence electrons. The number of methoxy groups -OCH3 is 1. The van der Waals surface area contributed by atoms with E-state index in [9.17, 15) is 9.59 Å². The van der Waals surface area contributed by atoms with Gasteiger partial charge in [-0.15, -0.1) is 0 Å². The Hall–Kier alpha value is -1.30. The summed E-state index contributed by atoms with van der Waals surface area (Å²) >= 11 is 0. The van der Waals surface area contributed by atoms with Gasteiger partial charge in [0.05, 0.1) is 7.11 Å². The lowest BCUT2D eigenvalue weighted by molar-refractivity contribution is -0.146. The lowest BCUT2D eigenvalue weighted by atomic mass is 10.0. The van der Waals surface area contributed by atoms with Crippen molar-refractivity contribution in [3.63, 3.8) is 0 Å². The minimum absolute atomic E-state index is 0.0602. The van der Waals surface area contributed by atoms with Gasteiger partial charge in [0.1, 0.15) is 11.6 Å². The predicted molar refractivity (Wildman–Crippen MR) is 70.8 cm³/mol. The second-order valence-corrected chi connectivity index (χ2v) is 5.88. The number of hydrogen-bond donors (Lipinski definition) is 1. The number of ether oxygens (including phenoxy) is 2. The minimum atomic E-state index is -0.516. The molecular weight excluding hydrogens is 248 g/mol. The summed E-state index contributed by atoms with van der Waals surface area (Å²) in [6, 6.07) is -0.292. The molecular formula is C13H24N2O4. The van der Waals surface area contributed by atoms with Gasteiger partial charge in [-0.3, -0.25) is 9.69 Å². The van der Waals surface area contributed by atoms with Crippen molar-refractivity contribution in [1.82, 2.24) is 10.2 Å². The van der Waals surface area contributed by atoms with Gasteiger partial charge < -0.3 is 14.8 Å². The highest BCUT2D eigenvalue weighted by Gasteiger charge is 2.38. The van der Waals surface area contributed by atoms with Crippen molar-refractivity contribution in [1.29, 1.82) is 0 Å². The van der Waals surface area contributed by atoms with E-state index in [1.165, 1.54) is 7.11 Å². The lowest BCUT2D eigenvalue weighted by Crippen LogP contribution is -2.43. The summed E-state index contributed by atoms with van der Waals surface area (Å²) < 4.78 is 9.96. The summed E-state index contributed by atoms with van der Waals surface area (Å²) in [5.41, 5.74) is -0.516. The van der Waals surface area contributed by atoms with Crippen molar-refractivity contribution >= 4 is 12.1 Å². The second-order valence-electron chi connectivity index (χ2n) is 5.88. The lowest BCUT2D eigenvalue weighted by Gasteiger charge is -2.24. The third-order valence-corrected chi connectivity index (χ3v) is 3.12. The van der Waals surface area contributed by atoms with Crippen molar-refractivity contribution in [2.75, 3.05) is 27.2 Å². The van der Waals surface area contributed by atoms with Crippen LogP contribution in [0.15, 0.2) is 0 Å². The van der Waals surface area contributed by atoms with Crippen LogP contribution in [-0.2, 0) is 14.3 Å². The van der Waals surface area contributed by atoms with Gasteiger partial charge in [0.15, 0.2) is 0 Å². The van der Waals surface area contributed by atoms with Gasteiger partial charge in [-0.25, -0.2) is 4.79 Å². The van der Waals surface area contributed by atoms with Crippen LogP contribution in [0.5, 0.6) is 0 Å². The number of hydrogen-bond acceptors (Lipinski definition) is 5. The largest absolute Gasteiger partial charge is 0.468 e. The van der Waals surface area contributed by atoms with E-state index in [1.54, 1.807) is 0 Å². The van der Waals surface area contributed by atoms with E-state index >= 15 is 0 Å². The van der Waals surface area contributed by atoms with E-state index in [4.69, 9.17) is 9.47 Å². The molecule has 1 rings (SSSR count). The van der Waals surface area contributed by atoms with Crippen LogP contribution in [0.3, 0.4) is 0 Å². The van der Waals surface area contributed by atoms with E-state index in [-0.39, 0.29) is 17.9 Å². The zero-order valence-electron chi connectivity index (χ0n) is 12.4. The molecule has 0 aromatic rings. The SMILES string of the molecule is COC(=O)[C@@H]1[C@@H](CNC(=O)OC(C)(C)C)CCN1C. The van der Waals surface area contributed by atoms with Crippen LogP contribution in [0, 0.1) is 5.92 Å². The highest BCUT2D eigenvalue weighted by Crippen LogP contribution is 2.23. The third-order valence-electron chi connectivity index (χ3n) is 3.12. The summed E-state index contributed by atoms with van der Waals surface area (Å²) in [5.74, 6) is -0.194. The molecule has 0 spiro atoms. The van der Waals surface area contributed by atoms with Crippen LogP contribution >= 0.6 is 0 Å². The molecule has 1 N–H and O–H groups in total. The topological polar surface area (TPSA) is 67.9 Å². The molecule has 19 heavy (non-hydrogen) atoms. The summed E-state index contributed by atoms with van der Waals surface area (Å²) in [7, 11) is 3.27. The van der Waals surface area contributed by atoms with Crippen LogP contribution in [0.25, 0.3) is 0 Å². The number of carbonyl (C=O) groups excluding carboxylic acids is 2. The molecule has 1 amide bonds. The molecule has 0 saturated carbocycles. The van der Waals surface area contributed by atoms with Gasteiger partial charge in [0.25, 0.3) is 0 Å². The molecule has 2 atom stereocenters. The maximum atomic E-state index is 11.7. The fraction of sp³-hybridized carbons (Fsp3) is 0.846. The Bertz CT molecular complexity index is 338. The summed E-state index contributed by atoms with van der Waals surface area (Å²) in [6.45, 7) is 6.67. The highest BCUT2D eigenvalue weighted by molar-refractivity contribution is 5.76. The van der Waals surface area contributed by atoms with Gasteiger partial charge in [-0.2, -0.15) is 0 Å². The maximum absolute atomic E-state index is 11.7. The Morgan fingerprint density at radius 1 is 1.37 bits per heavy atom. The molecule has 1 aliphatic heterocycles. The first kappa shape index (κ1) is 15.8. The number of alkyl carbamates (subject to hydrolysis) is 1. The van der Waals surface area contributed by atoms with E-state index in [0.717, 1.165) is 13.0 Å². The number of rotatable bonds is 3. The maximum Gasteiger partial charge on any atom is 0.407 e. The number of nitrogens with one attached hydrogen (secondary N) is 1. The molecule has 0 aromatic carbocycles. The standard InChI is InChI=1S/C13H24N2O4/c1-13(2,3)19-12(17)14-8-9-6-7-15(4)10(9)11(16)18-5/h9-10H,6-8H2,1-5H3,(H,14,17)/t9-,10+/m1/s1. The first-order valence-electron chi connectivity index (χ1n) is 6.49. The zero-order valence-corrected chi connectivity index (χ0v) is 12.4. The third kappa shape index (κ3) is 4.70. The Labute approximate surface area is 114 Å². The van der Waals surface area contributed by atoms with Crippen LogP contribution < -0.4 is 5.32 Å². The number of nitrogens with zero attached hydrogens (tertiary/aromatic N) is 1. The number of esters is 1. The zero-order chi connectivity index (χ0) is 14.6. The van der Waals surface area contributed by atoms with Crippen molar-refractivity contribution in [2.24, 2.45) is 5.92 Å². The van der Waals surface area contributed by atoms with E-state index < -0.39 is 11.7 Å². The first-order chi connectivity index (χ1) is 8.74. The molecule has 0 unspecified atom stereocenters. The predicted octanol–water partition coefficient (Wildman–Crippen LogP) is 1.00. The molecule has 1 aliphatic rings. The number of amides is 1. The van der Waals surface area contributed by atoms with Gasteiger partial charge >= 0.3 is 12.1 Å². The normalized spacial score (nSPS) is 24.1. The summed E-state index contributed by atoms with van der Waals surface area (Å²) in [5, 5.41) is 2.72. The molecule has 1 fully saturated rings. The van der Waals surface area contributed by atoms with Crippen molar-refractivity contribution < 1.29 is 19.1 Å². The monoisotopic (exact) mass is 272 g/mol. The van der Waals surface area contributed by atoms with Crippen LogP contribution in [0.1, 0.15) is 27.2 Å². The second kappa shape index (κ2) is 6.23. The molecule has 0 bridgehead atoms. The van der Waals surface area contributed by atoms with Gasteiger partial charge in [-0.05, 0) is 40.8 Å². The van der Waals surface area contributed by atoms with Crippen LogP contribution in [0.4, 0.5) is 4.79 Å². The Morgan fingerprint density at radius 2 is 2.00 bits per heavy atom. The highest BCUT2D eigenvalue weighted by atomic mass is 16.6. The molecule has 0 aliphatic carbocycles. The Morgan fingerprint density at radius 3 is 2.53 bits per heavy atom. The fourth-order valence-electron chi connectivity index (χ4n) is 2.26. The number of likely N-dealkylation sites (tertiary alicyclic amines) is 1. The first-order valence-corrected chi connectivity index (χ1v) is 6.49. The minimum Gasteiger partial charge on any atom is -0.468 e.